The third-order valence-electron chi connectivity index (χ3n) is 3.62. The van der Waals surface area contributed by atoms with E-state index in [9.17, 15) is 14.4 Å². The van der Waals surface area contributed by atoms with Crippen LogP contribution in [0.15, 0.2) is 0 Å². The van der Waals surface area contributed by atoms with Gasteiger partial charge in [-0.2, -0.15) is 0 Å². The van der Waals surface area contributed by atoms with Gasteiger partial charge in [0.25, 0.3) is 0 Å². The minimum absolute atomic E-state index is 0.145. The molecule has 1 rings (SSSR count). The van der Waals surface area contributed by atoms with E-state index in [0.717, 1.165) is 0 Å². The normalized spacial score (nSPS) is 22.7. The summed E-state index contributed by atoms with van der Waals surface area (Å²) in [5, 5.41) is 14.3. The van der Waals surface area contributed by atoms with Crippen molar-refractivity contribution in [3.8, 4) is 0 Å². The standard InChI is InChI=1S/C13H23N3O5/c1-9(10(17)14-5-7-21-3)15-12(20)16-6-4-13(2,8-16)11(18)19/h9H,4-8H2,1-3H3,(H,14,17)(H,15,20)(H,18,19). The van der Waals surface area contributed by atoms with Crippen molar-refractivity contribution in [3.05, 3.63) is 0 Å². The number of carbonyl (C=O) groups excluding carboxylic acids is 2. The van der Waals surface area contributed by atoms with Crippen molar-refractivity contribution in [1.82, 2.24) is 15.5 Å². The predicted molar refractivity (Wildman–Crippen MR) is 74.8 cm³/mol. The number of rotatable bonds is 6. The number of amides is 3. The Morgan fingerprint density at radius 2 is 2.10 bits per heavy atom. The Balaban J connectivity index is 2.43. The molecule has 0 spiro atoms. The lowest BCUT2D eigenvalue weighted by Gasteiger charge is -2.22. The molecule has 0 aromatic heterocycles. The SMILES string of the molecule is COCCNC(=O)C(C)NC(=O)N1CCC(C)(C(=O)O)C1. The van der Waals surface area contributed by atoms with Gasteiger partial charge in [-0.1, -0.05) is 0 Å². The molecule has 120 valence electrons. The first-order valence-corrected chi connectivity index (χ1v) is 6.85. The number of urea groups is 1. The minimum atomic E-state index is -0.915. The summed E-state index contributed by atoms with van der Waals surface area (Å²) in [4.78, 5) is 36.3. The van der Waals surface area contributed by atoms with E-state index in [0.29, 0.717) is 26.1 Å². The van der Waals surface area contributed by atoms with Gasteiger partial charge in [-0.25, -0.2) is 4.79 Å². The summed E-state index contributed by atoms with van der Waals surface area (Å²) in [7, 11) is 1.53. The van der Waals surface area contributed by atoms with Gasteiger partial charge in [-0.05, 0) is 20.3 Å². The smallest absolute Gasteiger partial charge is 0.318 e. The van der Waals surface area contributed by atoms with Gasteiger partial charge in [-0.15, -0.1) is 0 Å². The molecule has 3 N–H and O–H groups in total. The highest BCUT2D eigenvalue weighted by Gasteiger charge is 2.42. The van der Waals surface area contributed by atoms with Crippen LogP contribution in [0.5, 0.6) is 0 Å². The second-order valence-corrected chi connectivity index (χ2v) is 5.49. The molecule has 8 heteroatoms. The number of hydrogen-bond donors (Lipinski definition) is 3. The zero-order valence-corrected chi connectivity index (χ0v) is 12.6. The number of nitrogens with zero attached hydrogens (tertiary/aromatic N) is 1. The topological polar surface area (TPSA) is 108 Å². The molecule has 1 saturated heterocycles. The second-order valence-electron chi connectivity index (χ2n) is 5.49. The van der Waals surface area contributed by atoms with Crippen LogP contribution in [-0.4, -0.2) is 67.3 Å². The average molecular weight is 301 g/mol. The van der Waals surface area contributed by atoms with E-state index in [-0.39, 0.29) is 12.5 Å². The lowest BCUT2D eigenvalue weighted by atomic mass is 9.90. The summed E-state index contributed by atoms with van der Waals surface area (Å²) in [6, 6.07) is -1.11. The van der Waals surface area contributed by atoms with Gasteiger partial charge in [0.05, 0.1) is 12.0 Å². The van der Waals surface area contributed by atoms with Crippen molar-refractivity contribution in [2.45, 2.75) is 26.3 Å². The van der Waals surface area contributed by atoms with Crippen LogP contribution in [-0.2, 0) is 14.3 Å². The highest BCUT2D eigenvalue weighted by atomic mass is 16.5. The fourth-order valence-electron chi connectivity index (χ4n) is 2.08. The molecule has 2 unspecified atom stereocenters. The highest BCUT2D eigenvalue weighted by molar-refractivity contribution is 5.87. The molecule has 0 aliphatic carbocycles. The molecule has 21 heavy (non-hydrogen) atoms. The number of carboxylic acids is 1. The Bertz CT molecular complexity index is 415. The molecule has 1 fully saturated rings. The van der Waals surface area contributed by atoms with Crippen LogP contribution in [0.3, 0.4) is 0 Å². The number of nitrogens with one attached hydrogen (secondary N) is 2. The average Bonchev–Trinajstić information content (AvgIpc) is 2.83. The number of likely N-dealkylation sites (tertiary alicyclic amines) is 1. The van der Waals surface area contributed by atoms with Crippen molar-refractivity contribution >= 4 is 17.9 Å². The number of carboxylic acid groups (broad SMARTS) is 1. The summed E-state index contributed by atoms with van der Waals surface area (Å²) in [6.45, 7) is 4.47. The van der Waals surface area contributed by atoms with Crippen molar-refractivity contribution in [2.75, 3.05) is 33.4 Å². The van der Waals surface area contributed by atoms with Crippen molar-refractivity contribution in [2.24, 2.45) is 5.41 Å². The number of ether oxygens (including phenoxy) is 1. The Labute approximate surface area is 123 Å². The molecule has 8 nitrogen and oxygen atoms in total. The van der Waals surface area contributed by atoms with Crippen LogP contribution in [0.25, 0.3) is 0 Å². The zero-order chi connectivity index (χ0) is 16.0. The zero-order valence-electron chi connectivity index (χ0n) is 12.6. The molecule has 1 aliphatic heterocycles. The van der Waals surface area contributed by atoms with Gasteiger partial charge in [0, 0.05) is 26.7 Å². The molecule has 0 radical (unpaired) electrons. The Kier molecular flexibility index (Phi) is 5.95. The van der Waals surface area contributed by atoms with E-state index < -0.39 is 23.5 Å². The second kappa shape index (κ2) is 7.26. The van der Waals surface area contributed by atoms with Crippen molar-refractivity contribution in [1.29, 1.82) is 0 Å². The first-order valence-electron chi connectivity index (χ1n) is 6.85. The lowest BCUT2D eigenvalue weighted by Crippen LogP contribution is -2.50. The number of methoxy groups -OCH3 is 1. The van der Waals surface area contributed by atoms with Gasteiger partial charge in [0.2, 0.25) is 5.91 Å². The van der Waals surface area contributed by atoms with E-state index in [1.54, 1.807) is 13.8 Å². The number of aliphatic carboxylic acids is 1. The van der Waals surface area contributed by atoms with Gasteiger partial charge < -0.3 is 25.4 Å². The highest BCUT2D eigenvalue weighted by Crippen LogP contribution is 2.29. The third kappa shape index (κ3) is 4.59. The lowest BCUT2D eigenvalue weighted by molar-refractivity contribution is -0.147. The summed E-state index contributed by atoms with van der Waals surface area (Å²) in [5.74, 6) is -1.22. The Hall–Kier alpha value is -1.83. The maximum absolute atomic E-state index is 12.0. The van der Waals surface area contributed by atoms with Crippen LogP contribution < -0.4 is 10.6 Å². The molecule has 0 bridgehead atoms. The fourth-order valence-corrected chi connectivity index (χ4v) is 2.08. The van der Waals surface area contributed by atoms with Crippen LogP contribution in [0.4, 0.5) is 4.79 Å². The van der Waals surface area contributed by atoms with E-state index >= 15 is 0 Å². The van der Waals surface area contributed by atoms with Crippen molar-refractivity contribution < 1.29 is 24.2 Å². The van der Waals surface area contributed by atoms with Crippen LogP contribution >= 0.6 is 0 Å². The Morgan fingerprint density at radius 1 is 1.43 bits per heavy atom. The summed E-state index contributed by atoms with van der Waals surface area (Å²) in [6.07, 6.45) is 0.407. The molecule has 1 aliphatic rings. The van der Waals surface area contributed by atoms with Crippen molar-refractivity contribution in [3.63, 3.8) is 0 Å². The molecule has 0 aromatic carbocycles. The maximum Gasteiger partial charge on any atom is 0.318 e. The van der Waals surface area contributed by atoms with Crippen LogP contribution in [0, 0.1) is 5.41 Å². The van der Waals surface area contributed by atoms with E-state index in [2.05, 4.69) is 10.6 Å². The maximum atomic E-state index is 12.0. The number of hydrogen-bond acceptors (Lipinski definition) is 4. The third-order valence-corrected chi connectivity index (χ3v) is 3.62. The molecule has 3 amide bonds. The van der Waals surface area contributed by atoms with Crippen LogP contribution in [0.2, 0.25) is 0 Å². The molecule has 0 aromatic rings. The van der Waals surface area contributed by atoms with Crippen LogP contribution in [0.1, 0.15) is 20.3 Å². The summed E-state index contributed by atoms with van der Waals surface area (Å²) >= 11 is 0. The molecule has 2 atom stereocenters. The molecule has 0 saturated carbocycles. The van der Waals surface area contributed by atoms with Gasteiger partial charge in [0.1, 0.15) is 6.04 Å². The van der Waals surface area contributed by atoms with Gasteiger partial charge in [-0.3, -0.25) is 9.59 Å². The quantitative estimate of drug-likeness (QED) is 0.581. The van der Waals surface area contributed by atoms with E-state index in [1.807, 2.05) is 0 Å². The van der Waals surface area contributed by atoms with E-state index in [1.165, 1.54) is 12.0 Å². The monoisotopic (exact) mass is 301 g/mol. The van der Waals surface area contributed by atoms with Gasteiger partial charge in [0.15, 0.2) is 0 Å². The molecular formula is C13H23N3O5. The Morgan fingerprint density at radius 3 is 2.62 bits per heavy atom. The minimum Gasteiger partial charge on any atom is -0.481 e. The van der Waals surface area contributed by atoms with Gasteiger partial charge >= 0.3 is 12.0 Å². The number of carbonyl (C=O) groups is 3. The first-order chi connectivity index (χ1) is 9.80. The summed E-state index contributed by atoms with van der Waals surface area (Å²) in [5.41, 5.74) is -0.915. The predicted octanol–water partition coefficient (Wildman–Crippen LogP) is -0.356. The fraction of sp³-hybridized carbons (Fsp3) is 0.769. The largest absolute Gasteiger partial charge is 0.481 e. The molecule has 1 heterocycles. The first kappa shape index (κ1) is 17.2. The molecular weight excluding hydrogens is 278 g/mol. The summed E-state index contributed by atoms with van der Waals surface area (Å²) < 4.78 is 4.81. The van der Waals surface area contributed by atoms with E-state index in [4.69, 9.17) is 9.84 Å².